The average molecular weight is 755 g/mol. The molecule has 12 rings (SSSR count). The molecule has 3 aromatic heterocycles. The molecule has 0 aliphatic heterocycles. The van der Waals surface area contributed by atoms with E-state index >= 15 is 0 Å². The van der Waals surface area contributed by atoms with Crippen LogP contribution in [0.25, 0.3) is 100 Å². The molecule has 1 aliphatic carbocycles. The molecule has 0 unspecified atom stereocenters. The van der Waals surface area contributed by atoms with Crippen molar-refractivity contribution in [1.29, 1.82) is 0 Å². The summed E-state index contributed by atoms with van der Waals surface area (Å²) >= 11 is 0. The first-order valence-corrected chi connectivity index (χ1v) is 20.3. The summed E-state index contributed by atoms with van der Waals surface area (Å²) in [4.78, 5) is 10.7. The third-order valence-corrected chi connectivity index (χ3v) is 12.5. The summed E-state index contributed by atoms with van der Waals surface area (Å²) in [6, 6.07) is 70.0. The molecule has 0 N–H and O–H groups in total. The number of fused-ring (bicyclic) bond motifs is 9. The Hall–Kier alpha value is -7.56. The predicted octanol–water partition coefficient (Wildman–Crippen LogP) is 14.0. The van der Waals surface area contributed by atoms with Gasteiger partial charge >= 0.3 is 0 Å². The summed E-state index contributed by atoms with van der Waals surface area (Å²) in [6.07, 6.45) is 0. The van der Waals surface area contributed by atoms with E-state index in [4.69, 9.17) is 9.97 Å². The smallest absolute Gasteiger partial charge is 0.160 e. The second-order valence-electron chi connectivity index (χ2n) is 16.2. The van der Waals surface area contributed by atoms with Crippen molar-refractivity contribution in [2.45, 2.75) is 19.3 Å². The van der Waals surface area contributed by atoms with Gasteiger partial charge in [0.05, 0.1) is 33.5 Å². The molecule has 0 atom stereocenters. The largest absolute Gasteiger partial charge is 0.309 e. The third kappa shape index (κ3) is 5.09. The van der Waals surface area contributed by atoms with Gasteiger partial charge in [0, 0.05) is 55.0 Å². The number of benzene rings is 8. The van der Waals surface area contributed by atoms with Gasteiger partial charge in [-0.05, 0) is 76.9 Å². The van der Waals surface area contributed by atoms with Crippen LogP contribution in [0, 0.1) is 0 Å². The molecular formula is C55H38N4. The van der Waals surface area contributed by atoms with Crippen LogP contribution in [0.2, 0.25) is 0 Å². The summed E-state index contributed by atoms with van der Waals surface area (Å²) in [5, 5.41) is 4.90. The Morgan fingerprint density at radius 3 is 1.37 bits per heavy atom. The Labute approximate surface area is 342 Å². The predicted molar refractivity (Wildman–Crippen MR) is 245 cm³/mol. The fraction of sp³-hybridized carbons (Fsp3) is 0.0545. The molecule has 0 fully saturated rings. The zero-order valence-corrected chi connectivity index (χ0v) is 32.8. The maximum absolute atomic E-state index is 5.40. The Morgan fingerprint density at radius 2 is 0.814 bits per heavy atom. The van der Waals surface area contributed by atoms with Gasteiger partial charge in [-0.1, -0.05) is 153 Å². The van der Waals surface area contributed by atoms with Gasteiger partial charge in [0.1, 0.15) is 0 Å². The second-order valence-corrected chi connectivity index (χ2v) is 16.2. The first kappa shape index (κ1) is 33.6. The quantitative estimate of drug-likeness (QED) is 0.175. The lowest BCUT2D eigenvalue weighted by atomic mass is 9.82. The molecule has 8 aromatic carbocycles. The lowest BCUT2D eigenvalue weighted by Gasteiger charge is -2.22. The van der Waals surface area contributed by atoms with E-state index in [2.05, 4.69) is 211 Å². The van der Waals surface area contributed by atoms with Crippen LogP contribution in [0.15, 0.2) is 194 Å². The highest BCUT2D eigenvalue weighted by atomic mass is 15.0. The molecule has 0 saturated heterocycles. The van der Waals surface area contributed by atoms with Crippen LogP contribution < -0.4 is 0 Å². The Balaban J connectivity index is 1.14. The van der Waals surface area contributed by atoms with E-state index in [-0.39, 0.29) is 5.41 Å². The van der Waals surface area contributed by atoms with Gasteiger partial charge in [0.15, 0.2) is 5.82 Å². The van der Waals surface area contributed by atoms with E-state index in [9.17, 15) is 0 Å². The molecule has 0 amide bonds. The van der Waals surface area contributed by atoms with Crippen molar-refractivity contribution in [2.24, 2.45) is 0 Å². The maximum Gasteiger partial charge on any atom is 0.160 e. The van der Waals surface area contributed by atoms with Crippen LogP contribution in [0.3, 0.4) is 0 Å². The van der Waals surface area contributed by atoms with Gasteiger partial charge < -0.3 is 9.13 Å². The molecule has 0 radical (unpaired) electrons. The van der Waals surface area contributed by atoms with E-state index in [1.165, 1.54) is 43.8 Å². The topological polar surface area (TPSA) is 35.6 Å². The maximum atomic E-state index is 5.40. The Morgan fingerprint density at radius 1 is 0.356 bits per heavy atom. The Bertz CT molecular complexity index is 3240. The zero-order valence-electron chi connectivity index (χ0n) is 32.8. The number of hydrogen-bond acceptors (Lipinski definition) is 2. The number of rotatable bonds is 5. The fourth-order valence-corrected chi connectivity index (χ4v) is 9.73. The van der Waals surface area contributed by atoms with Gasteiger partial charge in [-0.15, -0.1) is 0 Å². The van der Waals surface area contributed by atoms with Gasteiger partial charge in [-0.25, -0.2) is 9.97 Å². The van der Waals surface area contributed by atoms with Crippen LogP contribution >= 0.6 is 0 Å². The summed E-state index contributed by atoms with van der Waals surface area (Å²) in [5.74, 6) is 0.696. The third-order valence-electron chi connectivity index (χ3n) is 12.5. The Kier molecular flexibility index (Phi) is 7.24. The minimum atomic E-state index is -0.131. The van der Waals surface area contributed by atoms with Crippen molar-refractivity contribution in [2.75, 3.05) is 0 Å². The van der Waals surface area contributed by atoms with E-state index in [1.54, 1.807) is 0 Å². The average Bonchev–Trinajstić information content (AvgIpc) is 3.89. The molecule has 4 nitrogen and oxygen atoms in total. The highest BCUT2D eigenvalue weighted by Crippen LogP contribution is 2.49. The normalized spacial score (nSPS) is 13.1. The lowest BCUT2D eigenvalue weighted by molar-refractivity contribution is 0.660. The summed E-state index contributed by atoms with van der Waals surface area (Å²) in [7, 11) is 0. The molecule has 0 bridgehead atoms. The van der Waals surface area contributed by atoms with Crippen molar-refractivity contribution in [1.82, 2.24) is 19.1 Å². The van der Waals surface area contributed by atoms with Crippen molar-refractivity contribution in [3.8, 4) is 56.4 Å². The number of hydrogen-bond donors (Lipinski definition) is 0. The van der Waals surface area contributed by atoms with Crippen LogP contribution in [-0.2, 0) is 5.41 Å². The monoisotopic (exact) mass is 754 g/mol. The lowest BCUT2D eigenvalue weighted by Crippen LogP contribution is -2.14. The molecule has 11 aromatic rings. The first-order chi connectivity index (χ1) is 29.0. The summed E-state index contributed by atoms with van der Waals surface area (Å²) in [5.41, 5.74) is 16.7. The van der Waals surface area contributed by atoms with Crippen LogP contribution in [-0.4, -0.2) is 19.1 Å². The standard InChI is InChI=1S/C55H38N4/c1-55(2)46-23-11-6-18-40(46)41-29-28-36(32-47(41)55)48-34-49(57-54(56-48)35-16-4-3-5-17-35)37-30-38(58-50-24-12-7-19-42(50)43-20-8-13-25-51(43)58)33-39(31-37)59-52-26-14-9-21-44(52)45-22-10-15-27-53(45)59/h3-34H,1-2H3. The van der Waals surface area contributed by atoms with E-state index in [0.29, 0.717) is 5.82 Å². The number of nitrogens with zero attached hydrogens (tertiary/aromatic N) is 4. The molecular weight excluding hydrogens is 717 g/mol. The van der Waals surface area contributed by atoms with Gasteiger partial charge in [0.25, 0.3) is 0 Å². The molecule has 3 heterocycles. The van der Waals surface area contributed by atoms with Crippen LogP contribution in [0.5, 0.6) is 0 Å². The second kappa shape index (κ2) is 12.7. The SMILES string of the molecule is CC1(C)c2ccccc2-c2ccc(-c3cc(-c4cc(-n5c6ccccc6c6ccccc65)cc(-n5c6ccccc6c6ccccc65)c4)nc(-c4ccccc4)n3)cc21. The van der Waals surface area contributed by atoms with E-state index in [0.717, 1.165) is 61.5 Å². The molecule has 1 aliphatic rings. The summed E-state index contributed by atoms with van der Waals surface area (Å²) in [6.45, 7) is 4.66. The number of para-hydroxylation sites is 4. The first-order valence-electron chi connectivity index (χ1n) is 20.3. The van der Waals surface area contributed by atoms with Gasteiger partial charge in [-0.2, -0.15) is 0 Å². The highest BCUT2D eigenvalue weighted by Gasteiger charge is 2.35. The van der Waals surface area contributed by atoms with Gasteiger partial charge in [-0.3, -0.25) is 0 Å². The molecule has 59 heavy (non-hydrogen) atoms. The highest BCUT2D eigenvalue weighted by molar-refractivity contribution is 6.10. The zero-order chi connectivity index (χ0) is 39.2. The van der Waals surface area contributed by atoms with Crippen molar-refractivity contribution in [3.05, 3.63) is 205 Å². The molecule has 4 heteroatoms. The fourth-order valence-electron chi connectivity index (χ4n) is 9.73. The minimum Gasteiger partial charge on any atom is -0.309 e. The minimum absolute atomic E-state index is 0.131. The van der Waals surface area contributed by atoms with Gasteiger partial charge in [0.2, 0.25) is 0 Å². The van der Waals surface area contributed by atoms with Crippen molar-refractivity contribution >= 4 is 43.6 Å². The number of aromatic nitrogens is 4. The van der Waals surface area contributed by atoms with Crippen LogP contribution in [0.4, 0.5) is 0 Å². The van der Waals surface area contributed by atoms with Crippen molar-refractivity contribution < 1.29 is 0 Å². The summed E-state index contributed by atoms with van der Waals surface area (Å²) < 4.78 is 4.82. The molecule has 278 valence electrons. The van der Waals surface area contributed by atoms with Crippen molar-refractivity contribution in [3.63, 3.8) is 0 Å². The van der Waals surface area contributed by atoms with E-state index < -0.39 is 0 Å². The molecule has 0 saturated carbocycles. The van der Waals surface area contributed by atoms with E-state index in [1.807, 2.05) is 6.07 Å². The van der Waals surface area contributed by atoms with Crippen LogP contribution in [0.1, 0.15) is 25.0 Å². The molecule has 0 spiro atoms.